The van der Waals surface area contributed by atoms with E-state index in [1.165, 1.54) is 32.4 Å². The van der Waals surface area contributed by atoms with Crippen molar-refractivity contribution in [3.8, 4) is 51.2 Å². The lowest BCUT2D eigenvalue weighted by Crippen LogP contribution is -1.92. The molecule has 0 atom stereocenters. The van der Waals surface area contributed by atoms with E-state index in [-0.39, 0.29) is 11.6 Å². The zero-order valence-corrected chi connectivity index (χ0v) is 15.8. The minimum atomic E-state index is -0.329. The third-order valence-electron chi connectivity index (χ3n) is 4.54. The number of H-pyrrole nitrogens is 1. The Kier molecular flexibility index (Phi) is 4.87. The van der Waals surface area contributed by atoms with Crippen LogP contribution >= 0.6 is 0 Å². The van der Waals surface area contributed by atoms with Crippen molar-refractivity contribution in [3.63, 3.8) is 0 Å². The van der Waals surface area contributed by atoms with Crippen LogP contribution in [0, 0.1) is 5.82 Å². The van der Waals surface area contributed by atoms with Crippen molar-refractivity contribution in [1.29, 1.82) is 0 Å². The molecule has 0 bridgehead atoms. The van der Waals surface area contributed by atoms with E-state index >= 15 is 0 Å². The van der Waals surface area contributed by atoms with Gasteiger partial charge < -0.3 is 19.6 Å². The summed E-state index contributed by atoms with van der Waals surface area (Å²) in [5.74, 6) is 0.907. The highest BCUT2D eigenvalue weighted by Crippen LogP contribution is 2.42. The maximum Gasteiger partial charge on any atom is 0.146 e. The summed E-state index contributed by atoms with van der Waals surface area (Å²) >= 11 is 0. The molecule has 146 valence electrons. The maximum atomic E-state index is 13.4. The predicted octanol–water partition coefficient (Wildman–Crippen LogP) is 4.67. The Bertz CT molecular complexity index is 1140. The molecule has 6 nitrogen and oxygen atoms in total. The molecule has 0 saturated heterocycles. The molecule has 0 unspecified atom stereocenters. The molecule has 0 amide bonds. The van der Waals surface area contributed by atoms with E-state index in [0.29, 0.717) is 34.3 Å². The van der Waals surface area contributed by atoms with Crippen LogP contribution in [0.1, 0.15) is 0 Å². The number of ether oxygens (including phenoxy) is 2. The van der Waals surface area contributed by atoms with Crippen LogP contribution in [0.2, 0.25) is 0 Å². The van der Waals surface area contributed by atoms with E-state index in [1.54, 1.807) is 30.6 Å². The fourth-order valence-corrected chi connectivity index (χ4v) is 3.13. The second-order valence-corrected chi connectivity index (χ2v) is 6.28. The van der Waals surface area contributed by atoms with E-state index in [2.05, 4.69) is 9.97 Å². The molecule has 4 aromatic rings. The number of phenols is 1. The van der Waals surface area contributed by atoms with Crippen molar-refractivity contribution in [2.45, 2.75) is 0 Å². The van der Waals surface area contributed by atoms with Crippen LogP contribution in [0.4, 0.5) is 4.39 Å². The van der Waals surface area contributed by atoms with Gasteiger partial charge in [0.25, 0.3) is 0 Å². The number of nitrogens with one attached hydrogen (secondary N) is 1. The van der Waals surface area contributed by atoms with Gasteiger partial charge >= 0.3 is 0 Å². The van der Waals surface area contributed by atoms with Crippen LogP contribution in [-0.2, 0) is 0 Å². The van der Waals surface area contributed by atoms with Gasteiger partial charge in [-0.15, -0.1) is 0 Å². The van der Waals surface area contributed by atoms with Gasteiger partial charge in [0, 0.05) is 35.7 Å². The Morgan fingerprint density at radius 1 is 0.931 bits per heavy atom. The third kappa shape index (κ3) is 3.50. The quantitative estimate of drug-likeness (QED) is 0.517. The molecule has 29 heavy (non-hydrogen) atoms. The zero-order chi connectivity index (χ0) is 20.4. The normalized spacial score (nSPS) is 10.7. The molecule has 0 fully saturated rings. The molecule has 2 aromatic heterocycles. The number of aromatic nitrogens is 3. The summed E-state index contributed by atoms with van der Waals surface area (Å²) in [6, 6.07) is 12.9. The van der Waals surface area contributed by atoms with Crippen LogP contribution in [0.25, 0.3) is 33.9 Å². The summed E-state index contributed by atoms with van der Waals surface area (Å²) in [4.78, 5) is 12.0. The van der Waals surface area contributed by atoms with Crippen molar-refractivity contribution in [3.05, 3.63) is 66.7 Å². The van der Waals surface area contributed by atoms with Gasteiger partial charge in [0.1, 0.15) is 34.5 Å². The van der Waals surface area contributed by atoms with Crippen molar-refractivity contribution in [2.75, 3.05) is 14.2 Å². The summed E-state index contributed by atoms with van der Waals surface area (Å²) in [6.45, 7) is 0. The molecule has 4 rings (SSSR count). The standard InChI is InChI=1S/C22H18FN3O3/c1-28-16-11-17(27)19(18(12-16)29-2)22-25-20(13-3-5-15(23)6-4-13)21(26-22)14-7-9-24-10-8-14/h3-12,27H,1-2H3,(H,25,26). The molecule has 0 saturated carbocycles. The largest absolute Gasteiger partial charge is 0.507 e. The summed E-state index contributed by atoms with van der Waals surface area (Å²) in [5, 5.41) is 10.6. The second-order valence-electron chi connectivity index (χ2n) is 6.28. The van der Waals surface area contributed by atoms with Crippen molar-refractivity contribution in [1.82, 2.24) is 15.0 Å². The average molecular weight is 391 g/mol. The second kappa shape index (κ2) is 7.63. The fraction of sp³-hybridized carbons (Fsp3) is 0.0909. The number of pyridine rings is 1. The molecule has 2 heterocycles. The lowest BCUT2D eigenvalue weighted by molar-refractivity contribution is 0.386. The minimum absolute atomic E-state index is 0.0399. The van der Waals surface area contributed by atoms with Crippen LogP contribution in [0.3, 0.4) is 0 Å². The smallest absolute Gasteiger partial charge is 0.146 e. The Morgan fingerprint density at radius 2 is 1.66 bits per heavy atom. The number of phenolic OH excluding ortho intramolecular Hbond substituents is 1. The van der Waals surface area contributed by atoms with Gasteiger partial charge in [0.15, 0.2) is 0 Å². The summed E-state index contributed by atoms with van der Waals surface area (Å²) in [7, 11) is 3.01. The van der Waals surface area contributed by atoms with Gasteiger partial charge in [0.05, 0.1) is 25.6 Å². The average Bonchev–Trinajstić information content (AvgIpc) is 3.19. The van der Waals surface area contributed by atoms with Crippen LogP contribution in [0.15, 0.2) is 60.9 Å². The molecule has 0 aliphatic rings. The van der Waals surface area contributed by atoms with Gasteiger partial charge in [-0.2, -0.15) is 0 Å². The highest BCUT2D eigenvalue weighted by atomic mass is 19.1. The van der Waals surface area contributed by atoms with Crippen molar-refractivity contribution >= 4 is 0 Å². The number of methoxy groups -OCH3 is 2. The van der Waals surface area contributed by atoms with E-state index in [1.807, 2.05) is 12.1 Å². The first kappa shape index (κ1) is 18.5. The molecule has 0 aliphatic heterocycles. The first-order valence-corrected chi connectivity index (χ1v) is 8.82. The predicted molar refractivity (Wildman–Crippen MR) is 107 cm³/mol. The lowest BCUT2D eigenvalue weighted by Gasteiger charge is -2.10. The van der Waals surface area contributed by atoms with E-state index < -0.39 is 0 Å². The number of nitrogens with zero attached hydrogens (tertiary/aromatic N) is 2. The number of benzene rings is 2. The van der Waals surface area contributed by atoms with Gasteiger partial charge in [0.2, 0.25) is 0 Å². The Labute approximate surface area is 166 Å². The number of hydrogen-bond acceptors (Lipinski definition) is 5. The number of imidazole rings is 1. The number of rotatable bonds is 5. The Balaban J connectivity index is 1.94. The van der Waals surface area contributed by atoms with E-state index in [9.17, 15) is 9.50 Å². The first-order chi connectivity index (χ1) is 14.1. The van der Waals surface area contributed by atoms with Gasteiger partial charge in [-0.05, 0) is 36.4 Å². The van der Waals surface area contributed by atoms with Crippen LogP contribution in [-0.4, -0.2) is 34.3 Å². The molecule has 7 heteroatoms. The highest BCUT2D eigenvalue weighted by molar-refractivity contribution is 5.83. The third-order valence-corrected chi connectivity index (χ3v) is 4.54. The summed E-state index contributed by atoms with van der Waals surface area (Å²) in [5.41, 5.74) is 3.31. The highest BCUT2D eigenvalue weighted by Gasteiger charge is 2.21. The monoisotopic (exact) mass is 391 g/mol. The fourth-order valence-electron chi connectivity index (χ4n) is 3.13. The zero-order valence-electron chi connectivity index (χ0n) is 15.8. The lowest BCUT2D eigenvalue weighted by atomic mass is 10.1. The number of hydrogen-bond donors (Lipinski definition) is 2. The van der Waals surface area contributed by atoms with Gasteiger partial charge in [-0.3, -0.25) is 4.98 Å². The maximum absolute atomic E-state index is 13.4. The molecule has 0 spiro atoms. The molecule has 2 N–H and O–H groups in total. The van der Waals surface area contributed by atoms with Gasteiger partial charge in [-0.25, -0.2) is 9.37 Å². The Morgan fingerprint density at radius 3 is 2.31 bits per heavy atom. The summed E-state index contributed by atoms with van der Waals surface area (Å²) < 4.78 is 24.1. The number of aromatic amines is 1. The van der Waals surface area contributed by atoms with Crippen LogP contribution in [0.5, 0.6) is 17.2 Å². The van der Waals surface area contributed by atoms with E-state index in [0.717, 1.165) is 11.1 Å². The van der Waals surface area contributed by atoms with E-state index in [4.69, 9.17) is 14.5 Å². The molecule has 2 aromatic carbocycles. The summed E-state index contributed by atoms with van der Waals surface area (Å²) in [6.07, 6.45) is 3.35. The first-order valence-electron chi connectivity index (χ1n) is 8.82. The molecular weight excluding hydrogens is 373 g/mol. The van der Waals surface area contributed by atoms with Gasteiger partial charge in [-0.1, -0.05) is 0 Å². The minimum Gasteiger partial charge on any atom is -0.507 e. The molecular formula is C22H18FN3O3. The topological polar surface area (TPSA) is 80.3 Å². The molecule has 0 radical (unpaired) electrons. The number of aromatic hydroxyl groups is 1. The number of halogens is 1. The SMILES string of the molecule is COc1cc(O)c(-c2nc(-c3ccc(F)cc3)c(-c3ccncc3)[nH]2)c(OC)c1. The molecule has 0 aliphatic carbocycles. The Hall–Kier alpha value is -3.87. The van der Waals surface area contributed by atoms with Crippen LogP contribution < -0.4 is 9.47 Å². The van der Waals surface area contributed by atoms with Crippen molar-refractivity contribution in [2.24, 2.45) is 0 Å². The van der Waals surface area contributed by atoms with Crippen molar-refractivity contribution < 1.29 is 19.0 Å².